The predicted octanol–water partition coefficient (Wildman–Crippen LogP) is 6.55. The highest BCUT2D eigenvalue weighted by molar-refractivity contribution is 7.07. The monoisotopic (exact) mass is 689 g/mol. The van der Waals surface area contributed by atoms with E-state index in [9.17, 15) is 19.7 Å². The van der Waals surface area contributed by atoms with Crippen LogP contribution in [-0.2, 0) is 16.1 Å². The topological polar surface area (TPSA) is 122 Å². The average Bonchev–Trinajstić information content (AvgIpc) is 3.44. The Morgan fingerprint density at radius 1 is 1.00 bits per heavy atom. The second kappa shape index (κ2) is 14.8. The Morgan fingerprint density at radius 3 is 2.30 bits per heavy atom. The summed E-state index contributed by atoms with van der Waals surface area (Å²) in [5, 5.41) is 12.3. The maximum Gasteiger partial charge on any atom is 0.338 e. The zero-order chi connectivity index (χ0) is 35.4. The van der Waals surface area contributed by atoms with E-state index in [1.165, 1.54) is 29.9 Å². The number of methoxy groups -OCH3 is 1. The highest BCUT2D eigenvalue weighted by atomic mass is 32.1. The zero-order valence-corrected chi connectivity index (χ0v) is 28.8. The molecule has 0 saturated heterocycles. The second-order valence-corrected chi connectivity index (χ2v) is 12.9. The van der Waals surface area contributed by atoms with Gasteiger partial charge in [-0.3, -0.25) is 19.5 Å². The summed E-state index contributed by atoms with van der Waals surface area (Å²) in [6.07, 6.45) is 1.46. The van der Waals surface area contributed by atoms with Gasteiger partial charge in [0.15, 0.2) is 16.3 Å². The Kier molecular flexibility index (Phi) is 10.1. The fourth-order valence-electron chi connectivity index (χ4n) is 5.81. The van der Waals surface area contributed by atoms with Gasteiger partial charge in [0.1, 0.15) is 6.61 Å². The van der Waals surface area contributed by atoms with E-state index < -0.39 is 22.5 Å². The fourth-order valence-corrected chi connectivity index (χ4v) is 6.80. The van der Waals surface area contributed by atoms with Gasteiger partial charge in [-0.25, -0.2) is 9.79 Å². The number of hydrogen-bond acceptors (Lipinski definition) is 9. The van der Waals surface area contributed by atoms with Crippen molar-refractivity contribution in [3.05, 3.63) is 160 Å². The van der Waals surface area contributed by atoms with Crippen molar-refractivity contribution in [1.29, 1.82) is 0 Å². The summed E-state index contributed by atoms with van der Waals surface area (Å²) in [6.45, 7) is 6.21. The van der Waals surface area contributed by atoms with Gasteiger partial charge in [-0.15, -0.1) is 0 Å². The van der Waals surface area contributed by atoms with Crippen molar-refractivity contribution < 1.29 is 23.9 Å². The molecular weight excluding hydrogens is 655 g/mol. The van der Waals surface area contributed by atoms with E-state index in [0.717, 1.165) is 22.5 Å². The third kappa shape index (κ3) is 6.85. The van der Waals surface area contributed by atoms with Gasteiger partial charge >= 0.3 is 5.97 Å². The lowest BCUT2D eigenvalue weighted by molar-refractivity contribution is -0.385. The number of fused-ring (bicyclic) bond motifs is 1. The number of hydrogen-bond donors (Lipinski definition) is 0. The minimum atomic E-state index is -0.873. The highest BCUT2D eigenvalue weighted by Gasteiger charge is 2.35. The first kappa shape index (κ1) is 34.1. The first-order valence-corrected chi connectivity index (χ1v) is 16.9. The van der Waals surface area contributed by atoms with Crippen molar-refractivity contribution >= 4 is 34.8 Å². The van der Waals surface area contributed by atoms with Gasteiger partial charge in [0.05, 0.1) is 52.1 Å². The van der Waals surface area contributed by atoms with Crippen molar-refractivity contribution in [2.24, 2.45) is 4.99 Å². The number of carbonyl (C=O) groups excluding carboxylic acids is 1. The van der Waals surface area contributed by atoms with Crippen LogP contribution in [0.4, 0.5) is 5.69 Å². The molecule has 0 spiro atoms. The number of nitrogens with zero attached hydrogens (tertiary/aromatic N) is 3. The van der Waals surface area contributed by atoms with Crippen LogP contribution in [0.3, 0.4) is 0 Å². The second-order valence-electron chi connectivity index (χ2n) is 11.8. The molecule has 1 aliphatic rings. The van der Waals surface area contributed by atoms with Crippen LogP contribution in [0.2, 0.25) is 0 Å². The van der Waals surface area contributed by atoms with Crippen molar-refractivity contribution in [2.75, 3.05) is 13.7 Å². The molecule has 1 aromatic heterocycles. The van der Waals surface area contributed by atoms with Crippen molar-refractivity contribution in [2.45, 2.75) is 39.3 Å². The van der Waals surface area contributed by atoms with E-state index in [4.69, 9.17) is 19.2 Å². The predicted molar refractivity (Wildman–Crippen MR) is 192 cm³/mol. The van der Waals surface area contributed by atoms with Crippen LogP contribution in [0.5, 0.6) is 11.5 Å². The number of aromatic nitrogens is 1. The van der Waals surface area contributed by atoms with Gasteiger partial charge in [-0.2, -0.15) is 0 Å². The van der Waals surface area contributed by atoms with Crippen LogP contribution in [0.25, 0.3) is 11.8 Å². The molecule has 11 heteroatoms. The van der Waals surface area contributed by atoms with Crippen LogP contribution in [0.1, 0.15) is 60.5 Å². The highest BCUT2D eigenvalue weighted by Crippen LogP contribution is 2.37. The quantitative estimate of drug-likeness (QED) is 0.0875. The summed E-state index contributed by atoms with van der Waals surface area (Å²) in [7, 11) is 1.45. The molecule has 0 N–H and O–H groups in total. The van der Waals surface area contributed by atoms with Crippen LogP contribution < -0.4 is 24.4 Å². The molecule has 0 bridgehead atoms. The van der Waals surface area contributed by atoms with Gasteiger partial charge in [-0.05, 0) is 41.7 Å². The third-order valence-electron chi connectivity index (χ3n) is 8.33. The number of carbonyl (C=O) groups is 1. The summed E-state index contributed by atoms with van der Waals surface area (Å²) < 4.78 is 18.7. The van der Waals surface area contributed by atoms with Crippen molar-refractivity contribution in [3.8, 4) is 11.5 Å². The Balaban J connectivity index is 1.55. The molecule has 2 heterocycles. The lowest BCUT2D eigenvalue weighted by atomic mass is 9.91. The van der Waals surface area contributed by atoms with E-state index in [0.29, 0.717) is 21.6 Å². The van der Waals surface area contributed by atoms with E-state index >= 15 is 0 Å². The largest absolute Gasteiger partial charge is 0.493 e. The van der Waals surface area contributed by atoms with Crippen LogP contribution >= 0.6 is 11.3 Å². The molecule has 50 heavy (non-hydrogen) atoms. The summed E-state index contributed by atoms with van der Waals surface area (Å²) in [5.41, 5.74) is 3.40. The van der Waals surface area contributed by atoms with E-state index in [1.54, 1.807) is 6.92 Å². The first-order chi connectivity index (χ1) is 24.2. The smallest absolute Gasteiger partial charge is 0.338 e. The minimum Gasteiger partial charge on any atom is -0.493 e. The van der Waals surface area contributed by atoms with Gasteiger partial charge in [0.2, 0.25) is 0 Å². The van der Waals surface area contributed by atoms with Crippen molar-refractivity contribution in [1.82, 2.24) is 4.57 Å². The molecule has 0 fully saturated rings. The van der Waals surface area contributed by atoms with Crippen LogP contribution in [-0.4, -0.2) is 29.2 Å². The van der Waals surface area contributed by atoms with Gasteiger partial charge in [-0.1, -0.05) is 110 Å². The third-order valence-corrected chi connectivity index (χ3v) is 9.31. The Morgan fingerprint density at radius 2 is 1.68 bits per heavy atom. The summed E-state index contributed by atoms with van der Waals surface area (Å²) >= 11 is 1.08. The SMILES string of the molecule is CCOC(=O)C1=C(c2ccccc2)N=c2s/c(=C\c3cc(OC)c(OCc4ccccc4)cc3[N+](=O)[O-])c(=O)n2[C@H]1c1ccc(C(C)C)cc1. The number of ether oxygens (including phenoxy) is 3. The summed E-state index contributed by atoms with van der Waals surface area (Å²) in [6, 6.07) is 28.4. The van der Waals surface area contributed by atoms with E-state index in [1.807, 2.05) is 84.9 Å². The number of rotatable bonds is 11. The Hall–Kier alpha value is -5.81. The maximum absolute atomic E-state index is 14.4. The number of esters is 1. The summed E-state index contributed by atoms with van der Waals surface area (Å²) in [5.74, 6) is 0.144. The number of benzene rings is 4. The Bertz CT molecular complexity index is 2260. The number of nitro benzene ring substituents is 1. The lowest BCUT2D eigenvalue weighted by Gasteiger charge is -2.26. The maximum atomic E-state index is 14.4. The molecule has 4 aromatic carbocycles. The molecule has 0 radical (unpaired) electrons. The molecule has 6 rings (SSSR count). The molecule has 0 unspecified atom stereocenters. The number of thiazole rings is 1. The lowest BCUT2D eigenvalue weighted by Crippen LogP contribution is -2.40. The molecule has 5 aromatic rings. The van der Waals surface area contributed by atoms with E-state index in [-0.39, 0.29) is 52.0 Å². The fraction of sp³-hybridized carbons (Fsp3) is 0.205. The standard InChI is InChI=1S/C39H35N3O7S/c1-5-48-38(44)34-35(27-14-10-7-11-15-27)40-39-41(36(34)28-18-16-26(17-19-28)24(2)3)37(43)33(50-39)21-29-20-31(47-4)32(22-30(29)42(45)46)49-23-25-12-8-6-9-13-25/h6-22,24,36H,5,23H2,1-4H3/b33-21-/t36-/m0/s1. The minimum absolute atomic E-state index is 0.129. The van der Waals surface area contributed by atoms with Gasteiger partial charge in [0, 0.05) is 5.56 Å². The molecule has 0 amide bonds. The van der Waals surface area contributed by atoms with Crippen molar-refractivity contribution in [3.63, 3.8) is 0 Å². The molecule has 1 atom stereocenters. The van der Waals surface area contributed by atoms with Crippen LogP contribution in [0.15, 0.2) is 112 Å². The first-order valence-electron chi connectivity index (χ1n) is 16.1. The Labute approximate surface area is 292 Å². The average molecular weight is 690 g/mol. The normalized spacial score (nSPS) is 14.3. The molecule has 1 aliphatic heterocycles. The van der Waals surface area contributed by atoms with E-state index in [2.05, 4.69) is 13.8 Å². The summed E-state index contributed by atoms with van der Waals surface area (Å²) in [4.78, 5) is 45.2. The zero-order valence-electron chi connectivity index (χ0n) is 28.0. The molecule has 0 saturated carbocycles. The van der Waals surface area contributed by atoms with Crippen LogP contribution in [0, 0.1) is 10.1 Å². The van der Waals surface area contributed by atoms with Gasteiger partial charge < -0.3 is 14.2 Å². The molecule has 0 aliphatic carbocycles. The molecule has 254 valence electrons. The molecular formula is C39H35N3O7S. The number of nitro groups is 1. The molecule has 10 nitrogen and oxygen atoms in total. The van der Waals surface area contributed by atoms with Gasteiger partial charge in [0.25, 0.3) is 11.2 Å².